The first kappa shape index (κ1) is 17.3. The van der Waals surface area contributed by atoms with E-state index in [1.54, 1.807) is 6.20 Å². The van der Waals surface area contributed by atoms with Crippen LogP contribution in [-0.2, 0) is 22.5 Å². The van der Waals surface area contributed by atoms with Crippen molar-refractivity contribution in [2.45, 2.75) is 52.5 Å². The Hall–Kier alpha value is -2.50. The van der Waals surface area contributed by atoms with Crippen molar-refractivity contribution in [3.8, 4) is 0 Å². The van der Waals surface area contributed by atoms with Gasteiger partial charge < -0.3 is 9.30 Å². The van der Waals surface area contributed by atoms with Crippen LogP contribution in [0.3, 0.4) is 0 Å². The number of hydrogen-bond acceptors (Lipinski definition) is 5. The molecule has 0 aromatic carbocycles. The summed E-state index contributed by atoms with van der Waals surface area (Å²) in [5.74, 6) is 0.896. The zero-order valence-corrected chi connectivity index (χ0v) is 14.9. The minimum Gasteiger partial charge on any atom is -0.466 e. The Morgan fingerprint density at radius 2 is 2.08 bits per heavy atom. The van der Waals surface area contributed by atoms with Gasteiger partial charge in [0.05, 0.1) is 23.8 Å². The second-order valence-corrected chi connectivity index (χ2v) is 6.05. The highest BCUT2D eigenvalue weighted by molar-refractivity contribution is 5.99. The lowest BCUT2D eigenvalue weighted by Gasteiger charge is -2.10. The van der Waals surface area contributed by atoms with E-state index in [1.807, 2.05) is 25.3 Å². The molecule has 3 aromatic heterocycles. The van der Waals surface area contributed by atoms with E-state index in [4.69, 9.17) is 9.72 Å². The van der Waals surface area contributed by atoms with Crippen LogP contribution >= 0.6 is 0 Å². The maximum atomic E-state index is 11.6. The Bertz CT molecular complexity index is 872. The van der Waals surface area contributed by atoms with Crippen LogP contribution in [0.25, 0.3) is 22.1 Å². The van der Waals surface area contributed by atoms with Gasteiger partial charge in [-0.1, -0.05) is 13.3 Å². The molecule has 0 amide bonds. The maximum Gasteiger partial charge on any atom is 0.305 e. The van der Waals surface area contributed by atoms with E-state index in [1.165, 1.54) is 0 Å². The first-order valence-corrected chi connectivity index (χ1v) is 8.99. The standard InChI is InChI=1S/C19H24N4O2/c1-3-5-9-16-22-15-13-21-14-8-6-11-20-18(14)19(15)23(16)12-7-10-17(24)25-4-2/h6,8,11,13H,3-5,7,9-10,12H2,1-2H3. The number of aryl methyl sites for hydroxylation is 2. The molecule has 3 rings (SSSR count). The molecule has 0 saturated carbocycles. The molecule has 0 radical (unpaired) electrons. The average Bonchev–Trinajstić information content (AvgIpc) is 2.98. The summed E-state index contributed by atoms with van der Waals surface area (Å²) in [6.07, 6.45) is 7.85. The normalized spacial score (nSPS) is 11.3. The van der Waals surface area contributed by atoms with Gasteiger partial charge in [-0.05, 0) is 31.9 Å². The van der Waals surface area contributed by atoms with Gasteiger partial charge in [0.2, 0.25) is 0 Å². The van der Waals surface area contributed by atoms with E-state index in [0.717, 1.165) is 60.1 Å². The summed E-state index contributed by atoms with van der Waals surface area (Å²) >= 11 is 0. The van der Waals surface area contributed by atoms with E-state index in [9.17, 15) is 4.79 Å². The molecule has 3 aromatic rings. The van der Waals surface area contributed by atoms with Crippen molar-refractivity contribution in [2.75, 3.05) is 6.61 Å². The van der Waals surface area contributed by atoms with Gasteiger partial charge in [-0.2, -0.15) is 0 Å². The highest BCUT2D eigenvalue weighted by atomic mass is 16.5. The summed E-state index contributed by atoms with van der Waals surface area (Å²) in [6, 6.07) is 3.85. The molecule has 132 valence electrons. The van der Waals surface area contributed by atoms with Crippen molar-refractivity contribution in [1.29, 1.82) is 0 Å². The molecule has 6 heteroatoms. The van der Waals surface area contributed by atoms with Crippen LogP contribution in [0.5, 0.6) is 0 Å². The van der Waals surface area contributed by atoms with Crippen LogP contribution < -0.4 is 0 Å². The van der Waals surface area contributed by atoms with Crippen molar-refractivity contribution in [1.82, 2.24) is 19.5 Å². The van der Waals surface area contributed by atoms with Crippen LogP contribution in [0, 0.1) is 0 Å². The van der Waals surface area contributed by atoms with Crippen molar-refractivity contribution in [3.05, 3.63) is 30.4 Å². The van der Waals surface area contributed by atoms with Crippen molar-refractivity contribution in [3.63, 3.8) is 0 Å². The number of pyridine rings is 2. The molecule has 0 aliphatic rings. The van der Waals surface area contributed by atoms with Gasteiger partial charge in [0.1, 0.15) is 16.9 Å². The molecule has 0 N–H and O–H groups in total. The molecule has 0 aliphatic heterocycles. The summed E-state index contributed by atoms with van der Waals surface area (Å²) in [4.78, 5) is 25.4. The van der Waals surface area contributed by atoms with E-state index in [0.29, 0.717) is 13.0 Å². The Labute approximate surface area is 147 Å². The fraction of sp³-hybridized carbons (Fsp3) is 0.474. The highest BCUT2D eigenvalue weighted by Gasteiger charge is 2.15. The number of hydrogen-bond donors (Lipinski definition) is 0. The number of carbonyl (C=O) groups is 1. The lowest BCUT2D eigenvalue weighted by Crippen LogP contribution is -2.09. The third kappa shape index (κ3) is 3.78. The van der Waals surface area contributed by atoms with E-state index in [2.05, 4.69) is 21.5 Å². The second kappa shape index (κ2) is 8.05. The van der Waals surface area contributed by atoms with Crippen LogP contribution in [0.1, 0.15) is 45.4 Å². The number of aromatic nitrogens is 4. The Kier molecular flexibility index (Phi) is 5.58. The molecule has 0 spiro atoms. The van der Waals surface area contributed by atoms with Gasteiger partial charge in [-0.25, -0.2) is 4.98 Å². The van der Waals surface area contributed by atoms with E-state index < -0.39 is 0 Å². The monoisotopic (exact) mass is 340 g/mol. The molecule has 25 heavy (non-hydrogen) atoms. The van der Waals surface area contributed by atoms with Crippen molar-refractivity contribution >= 4 is 28.0 Å². The largest absolute Gasteiger partial charge is 0.466 e. The number of nitrogens with zero attached hydrogens (tertiary/aromatic N) is 4. The number of imidazole rings is 1. The van der Waals surface area contributed by atoms with Crippen molar-refractivity contribution in [2.24, 2.45) is 0 Å². The van der Waals surface area contributed by atoms with Gasteiger partial charge >= 0.3 is 5.97 Å². The van der Waals surface area contributed by atoms with Gasteiger partial charge in [-0.3, -0.25) is 14.8 Å². The Balaban J connectivity index is 1.96. The summed E-state index contributed by atoms with van der Waals surface area (Å²) in [5, 5.41) is 0. The van der Waals surface area contributed by atoms with Crippen LogP contribution in [0.4, 0.5) is 0 Å². The molecule has 6 nitrogen and oxygen atoms in total. The fourth-order valence-corrected chi connectivity index (χ4v) is 3.05. The summed E-state index contributed by atoms with van der Waals surface area (Å²) in [7, 11) is 0. The summed E-state index contributed by atoms with van der Waals surface area (Å²) in [5.41, 5.74) is 3.61. The number of esters is 1. The topological polar surface area (TPSA) is 69.9 Å². The lowest BCUT2D eigenvalue weighted by molar-refractivity contribution is -0.143. The summed E-state index contributed by atoms with van der Waals surface area (Å²) in [6.45, 7) is 5.15. The smallest absolute Gasteiger partial charge is 0.305 e. The number of fused-ring (bicyclic) bond motifs is 3. The predicted molar refractivity (Wildman–Crippen MR) is 97.3 cm³/mol. The average molecular weight is 340 g/mol. The van der Waals surface area contributed by atoms with E-state index in [-0.39, 0.29) is 5.97 Å². The Morgan fingerprint density at radius 3 is 2.88 bits per heavy atom. The maximum absolute atomic E-state index is 11.6. The zero-order valence-electron chi connectivity index (χ0n) is 14.9. The van der Waals surface area contributed by atoms with Crippen LogP contribution in [-0.4, -0.2) is 32.1 Å². The quantitative estimate of drug-likeness (QED) is 0.585. The minimum atomic E-state index is -0.147. The lowest BCUT2D eigenvalue weighted by atomic mass is 10.2. The molecule has 0 fully saturated rings. The van der Waals surface area contributed by atoms with Gasteiger partial charge in [0.25, 0.3) is 0 Å². The van der Waals surface area contributed by atoms with Gasteiger partial charge in [-0.15, -0.1) is 0 Å². The van der Waals surface area contributed by atoms with Gasteiger partial charge in [0, 0.05) is 25.6 Å². The molecule has 0 unspecified atom stereocenters. The molecule has 3 heterocycles. The predicted octanol–water partition coefficient (Wildman–Crippen LogP) is 3.67. The molecule has 0 saturated heterocycles. The van der Waals surface area contributed by atoms with Gasteiger partial charge in [0.15, 0.2) is 0 Å². The first-order chi connectivity index (χ1) is 12.2. The van der Waals surface area contributed by atoms with E-state index >= 15 is 0 Å². The molecular formula is C19H24N4O2. The number of unbranched alkanes of at least 4 members (excludes halogenated alkanes) is 1. The fourth-order valence-electron chi connectivity index (χ4n) is 3.05. The van der Waals surface area contributed by atoms with Crippen LogP contribution in [0.15, 0.2) is 24.5 Å². The third-order valence-corrected chi connectivity index (χ3v) is 4.23. The number of rotatable bonds is 8. The highest BCUT2D eigenvalue weighted by Crippen LogP contribution is 2.24. The molecular weight excluding hydrogens is 316 g/mol. The second-order valence-electron chi connectivity index (χ2n) is 6.05. The molecule has 0 atom stereocenters. The zero-order chi connectivity index (χ0) is 17.6. The molecule has 0 bridgehead atoms. The van der Waals surface area contributed by atoms with Crippen LogP contribution in [0.2, 0.25) is 0 Å². The third-order valence-electron chi connectivity index (χ3n) is 4.23. The van der Waals surface area contributed by atoms with Crippen molar-refractivity contribution < 1.29 is 9.53 Å². The minimum absolute atomic E-state index is 0.147. The SMILES string of the molecule is CCCCc1nc2cnc3cccnc3c2n1CCCC(=O)OCC. The Morgan fingerprint density at radius 1 is 1.20 bits per heavy atom. The number of carbonyl (C=O) groups excluding carboxylic acids is 1. The first-order valence-electron chi connectivity index (χ1n) is 8.99. The number of ether oxygens (including phenoxy) is 1. The summed E-state index contributed by atoms with van der Waals surface area (Å²) < 4.78 is 7.24. The molecule has 0 aliphatic carbocycles.